The first-order valence-corrected chi connectivity index (χ1v) is 12.8. The number of halogens is 1. The number of aryl methyl sites for hydroxylation is 2. The van der Waals surface area contributed by atoms with Gasteiger partial charge in [0.05, 0.1) is 40.6 Å². The average Bonchev–Trinajstić information content (AvgIpc) is 3.42. The van der Waals surface area contributed by atoms with E-state index in [0.717, 1.165) is 16.9 Å². The number of benzene rings is 2. The Bertz CT molecular complexity index is 1470. The summed E-state index contributed by atoms with van der Waals surface area (Å²) in [6.07, 6.45) is 0. The highest BCUT2D eigenvalue weighted by atomic mass is 35.5. The second-order valence-corrected chi connectivity index (χ2v) is 9.59. The number of azo groups is 1. The summed E-state index contributed by atoms with van der Waals surface area (Å²) in [5, 5.41) is 19.4. The van der Waals surface area contributed by atoms with Crippen molar-refractivity contribution in [2.45, 2.75) is 34.6 Å². The Hall–Kier alpha value is -3.89. The lowest BCUT2D eigenvalue weighted by molar-refractivity contribution is 0.0518. The number of nitrogens with zero attached hydrogens (tertiary/aromatic N) is 6. The third-order valence-corrected chi connectivity index (χ3v) is 6.60. The van der Waals surface area contributed by atoms with Crippen molar-refractivity contribution in [2.75, 3.05) is 12.0 Å². The number of thiazole rings is 1. The lowest BCUT2D eigenvalue weighted by Crippen LogP contribution is -2.11. The molecule has 0 unspecified atom stereocenters. The van der Waals surface area contributed by atoms with Gasteiger partial charge in [-0.05, 0) is 71.0 Å². The second kappa shape index (κ2) is 11.4. The molecule has 0 aliphatic rings. The number of aromatic nitrogens is 3. The van der Waals surface area contributed by atoms with E-state index in [9.17, 15) is 4.79 Å². The Morgan fingerprint density at radius 1 is 1.08 bits per heavy atom. The first kappa shape index (κ1) is 26.2. The van der Waals surface area contributed by atoms with Crippen LogP contribution in [-0.2, 0) is 4.74 Å². The van der Waals surface area contributed by atoms with Crippen LogP contribution < -0.4 is 5.43 Å². The zero-order valence-electron chi connectivity index (χ0n) is 21.1. The molecule has 37 heavy (non-hydrogen) atoms. The molecule has 9 nitrogen and oxygen atoms in total. The van der Waals surface area contributed by atoms with Gasteiger partial charge in [-0.15, -0.1) is 10.2 Å². The number of carbonyl (C=O) groups excluding carboxylic acids is 1. The molecular weight excluding hydrogens is 510 g/mol. The number of esters is 1. The predicted molar refractivity (Wildman–Crippen MR) is 147 cm³/mol. The molecule has 4 rings (SSSR count). The maximum Gasteiger partial charge on any atom is 0.359 e. The average molecular weight is 536 g/mol. The van der Waals surface area contributed by atoms with E-state index < -0.39 is 5.97 Å². The van der Waals surface area contributed by atoms with Crippen LogP contribution in [0, 0.1) is 20.8 Å². The van der Waals surface area contributed by atoms with Gasteiger partial charge in [0.25, 0.3) is 0 Å². The Kier molecular flexibility index (Phi) is 8.10. The summed E-state index contributed by atoms with van der Waals surface area (Å²) in [6.45, 7) is 9.57. The van der Waals surface area contributed by atoms with Gasteiger partial charge < -0.3 is 4.74 Å². The molecular formula is C26H26ClN7O2S. The normalized spacial score (nSPS) is 11.8. The summed E-state index contributed by atoms with van der Waals surface area (Å²) in [7, 11) is 0. The molecule has 0 spiro atoms. The van der Waals surface area contributed by atoms with Gasteiger partial charge in [0, 0.05) is 5.02 Å². The molecule has 0 saturated carbocycles. The molecule has 1 N–H and O–H groups in total. The van der Waals surface area contributed by atoms with Crippen molar-refractivity contribution in [3.05, 3.63) is 81.8 Å². The third kappa shape index (κ3) is 6.10. The van der Waals surface area contributed by atoms with Crippen LogP contribution in [0.15, 0.2) is 63.9 Å². The van der Waals surface area contributed by atoms with Crippen LogP contribution in [0.1, 0.15) is 46.9 Å². The highest BCUT2D eigenvalue weighted by Crippen LogP contribution is 2.32. The number of hydrazone groups is 1. The van der Waals surface area contributed by atoms with E-state index >= 15 is 0 Å². The van der Waals surface area contributed by atoms with Crippen molar-refractivity contribution in [3.63, 3.8) is 0 Å². The predicted octanol–water partition coefficient (Wildman–Crippen LogP) is 7.34. The quantitative estimate of drug-likeness (QED) is 0.110. The van der Waals surface area contributed by atoms with Gasteiger partial charge in [-0.3, -0.25) is 5.43 Å². The first-order chi connectivity index (χ1) is 17.8. The minimum Gasteiger partial charge on any atom is -0.461 e. The molecule has 0 amide bonds. The number of anilines is 1. The minimum atomic E-state index is -0.504. The molecule has 11 heteroatoms. The molecule has 0 bridgehead atoms. The maximum atomic E-state index is 12.7. The van der Waals surface area contributed by atoms with Gasteiger partial charge in [0.2, 0.25) is 5.13 Å². The number of hydrogen-bond acceptors (Lipinski definition) is 9. The Labute approximate surface area is 223 Å². The SMILES string of the molecule is CCOC(=O)c1nn(-c2ccc(C)cc2)c(C)c1/C(C)=N/Nc1nc(C)c(N=Nc2ccc(Cl)cc2)s1. The summed E-state index contributed by atoms with van der Waals surface area (Å²) in [5.41, 5.74) is 8.49. The number of ether oxygens (including phenoxy) is 1. The van der Waals surface area contributed by atoms with Crippen LogP contribution in [0.25, 0.3) is 5.69 Å². The lowest BCUT2D eigenvalue weighted by atomic mass is 10.1. The molecule has 4 aromatic rings. The second-order valence-electron chi connectivity index (χ2n) is 8.17. The van der Waals surface area contributed by atoms with Crippen LogP contribution in [0.5, 0.6) is 0 Å². The van der Waals surface area contributed by atoms with E-state index in [1.807, 2.05) is 45.0 Å². The zero-order valence-corrected chi connectivity index (χ0v) is 22.7. The molecule has 0 radical (unpaired) electrons. The Morgan fingerprint density at radius 3 is 2.46 bits per heavy atom. The van der Waals surface area contributed by atoms with Gasteiger partial charge in [-0.2, -0.15) is 10.2 Å². The van der Waals surface area contributed by atoms with Gasteiger partial charge in [0.1, 0.15) is 0 Å². The number of rotatable bonds is 8. The third-order valence-electron chi connectivity index (χ3n) is 5.40. The van der Waals surface area contributed by atoms with Crippen molar-refractivity contribution in [2.24, 2.45) is 15.3 Å². The van der Waals surface area contributed by atoms with E-state index in [1.165, 1.54) is 11.3 Å². The first-order valence-electron chi connectivity index (χ1n) is 11.6. The summed E-state index contributed by atoms with van der Waals surface area (Å²) in [4.78, 5) is 17.2. The van der Waals surface area contributed by atoms with Gasteiger partial charge in [0.15, 0.2) is 10.7 Å². The fraction of sp³-hybridized carbons (Fsp3) is 0.231. The number of carbonyl (C=O) groups is 1. The highest BCUT2D eigenvalue weighted by Gasteiger charge is 2.24. The van der Waals surface area contributed by atoms with Crippen LogP contribution >= 0.6 is 22.9 Å². The summed E-state index contributed by atoms with van der Waals surface area (Å²) >= 11 is 7.24. The van der Waals surface area contributed by atoms with Crippen LogP contribution in [-0.4, -0.2) is 33.1 Å². The summed E-state index contributed by atoms with van der Waals surface area (Å²) in [6, 6.07) is 15.0. The highest BCUT2D eigenvalue weighted by molar-refractivity contribution is 7.19. The standard InChI is InChI=1S/C26H26ClN7O2S/c1-6-36-25(35)23-22(18(5)34(33-23)21-13-7-15(2)8-14-21)16(3)29-32-26-28-17(4)24(37-26)31-30-20-11-9-19(27)10-12-20/h7-14H,6H2,1-5H3,(H,28,32)/b29-16+,31-30?. The van der Waals surface area contributed by atoms with E-state index in [-0.39, 0.29) is 12.3 Å². The van der Waals surface area contributed by atoms with Crippen molar-refractivity contribution in [1.29, 1.82) is 0 Å². The molecule has 0 aliphatic carbocycles. The smallest absolute Gasteiger partial charge is 0.359 e. The van der Waals surface area contributed by atoms with Crippen molar-refractivity contribution < 1.29 is 9.53 Å². The minimum absolute atomic E-state index is 0.204. The summed E-state index contributed by atoms with van der Waals surface area (Å²) in [5.74, 6) is -0.504. The number of nitrogens with one attached hydrogen (secondary N) is 1. The Morgan fingerprint density at radius 2 is 1.78 bits per heavy atom. The fourth-order valence-electron chi connectivity index (χ4n) is 3.54. The lowest BCUT2D eigenvalue weighted by Gasteiger charge is -2.06. The zero-order chi connectivity index (χ0) is 26.5. The fourth-order valence-corrected chi connectivity index (χ4v) is 4.40. The van der Waals surface area contributed by atoms with Crippen LogP contribution in [0.2, 0.25) is 5.02 Å². The molecule has 0 atom stereocenters. The molecule has 2 heterocycles. The molecule has 190 valence electrons. The van der Waals surface area contributed by atoms with Crippen LogP contribution in [0.3, 0.4) is 0 Å². The number of hydrogen-bond donors (Lipinski definition) is 1. The monoisotopic (exact) mass is 535 g/mol. The van der Waals surface area contributed by atoms with Crippen molar-refractivity contribution >= 4 is 50.4 Å². The van der Waals surface area contributed by atoms with Crippen LogP contribution in [0.4, 0.5) is 15.8 Å². The molecule has 0 saturated heterocycles. The molecule has 0 aliphatic heterocycles. The largest absolute Gasteiger partial charge is 0.461 e. The summed E-state index contributed by atoms with van der Waals surface area (Å²) < 4.78 is 6.99. The van der Waals surface area contributed by atoms with Gasteiger partial charge >= 0.3 is 5.97 Å². The molecule has 2 aromatic carbocycles. The van der Waals surface area contributed by atoms with Gasteiger partial charge in [-0.1, -0.05) is 40.6 Å². The maximum absolute atomic E-state index is 12.7. The Balaban J connectivity index is 1.61. The van der Waals surface area contributed by atoms with E-state index in [1.54, 1.807) is 42.8 Å². The topological polar surface area (TPSA) is 106 Å². The molecule has 0 fully saturated rings. The van der Waals surface area contributed by atoms with E-state index in [2.05, 4.69) is 30.8 Å². The van der Waals surface area contributed by atoms with Crippen molar-refractivity contribution in [3.8, 4) is 5.69 Å². The van der Waals surface area contributed by atoms with E-state index in [0.29, 0.717) is 37.8 Å². The molecule has 2 aromatic heterocycles. The van der Waals surface area contributed by atoms with E-state index in [4.69, 9.17) is 16.3 Å². The van der Waals surface area contributed by atoms with Gasteiger partial charge in [-0.25, -0.2) is 14.5 Å². The van der Waals surface area contributed by atoms with Crippen molar-refractivity contribution in [1.82, 2.24) is 14.8 Å².